The second-order valence-electron chi connectivity index (χ2n) is 5.35. The number of hydrogen-bond acceptors (Lipinski definition) is 3. The van der Waals surface area contributed by atoms with Gasteiger partial charge in [0.25, 0.3) is 0 Å². The summed E-state index contributed by atoms with van der Waals surface area (Å²) in [4.78, 5) is 15.9. The molecule has 0 aliphatic heterocycles. The van der Waals surface area contributed by atoms with Crippen molar-refractivity contribution in [3.63, 3.8) is 0 Å². The van der Waals surface area contributed by atoms with E-state index in [2.05, 4.69) is 10.3 Å². The number of hydrogen-bond donors (Lipinski definition) is 2. The van der Waals surface area contributed by atoms with Crippen LogP contribution in [0.25, 0.3) is 0 Å². The SMILES string of the molecule is CC(NC(=O)C(N)C(C)(C)C)c1ccncc1. The van der Waals surface area contributed by atoms with Crippen molar-refractivity contribution in [3.8, 4) is 0 Å². The van der Waals surface area contributed by atoms with Gasteiger partial charge in [-0.15, -0.1) is 0 Å². The third kappa shape index (κ3) is 3.82. The quantitative estimate of drug-likeness (QED) is 0.836. The van der Waals surface area contributed by atoms with Gasteiger partial charge in [-0.25, -0.2) is 0 Å². The van der Waals surface area contributed by atoms with E-state index in [-0.39, 0.29) is 17.4 Å². The highest BCUT2D eigenvalue weighted by Gasteiger charge is 2.28. The molecule has 1 amide bonds. The topological polar surface area (TPSA) is 68.0 Å². The normalized spacial score (nSPS) is 15.1. The fourth-order valence-electron chi connectivity index (χ4n) is 1.43. The number of nitrogens with one attached hydrogen (secondary N) is 1. The van der Waals surface area contributed by atoms with Crippen molar-refractivity contribution in [1.29, 1.82) is 0 Å². The molecule has 3 N–H and O–H groups in total. The van der Waals surface area contributed by atoms with E-state index in [0.29, 0.717) is 0 Å². The lowest BCUT2D eigenvalue weighted by atomic mass is 9.87. The average molecular weight is 235 g/mol. The number of carbonyl (C=O) groups excluding carboxylic acids is 1. The molecule has 1 heterocycles. The maximum atomic E-state index is 11.9. The van der Waals surface area contributed by atoms with E-state index in [1.807, 2.05) is 39.8 Å². The summed E-state index contributed by atoms with van der Waals surface area (Å²) in [6.45, 7) is 7.79. The van der Waals surface area contributed by atoms with Gasteiger partial charge in [-0.05, 0) is 30.0 Å². The second kappa shape index (κ2) is 5.27. The Morgan fingerprint density at radius 2 is 1.88 bits per heavy atom. The molecule has 94 valence electrons. The fraction of sp³-hybridized carbons (Fsp3) is 0.538. The highest BCUT2D eigenvalue weighted by atomic mass is 16.2. The predicted octanol–water partition coefficient (Wildman–Crippen LogP) is 1.63. The molecule has 2 unspecified atom stereocenters. The molecule has 4 heteroatoms. The van der Waals surface area contributed by atoms with Gasteiger partial charge in [0.15, 0.2) is 0 Å². The molecular formula is C13H21N3O. The minimum atomic E-state index is -0.508. The molecule has 1 aromatic rings. The zero-order valence-corrected chi connectivity index (χ0v) is 10.9. The van der Waals surface area contributed by atoms with E-state index in [1.54, 1.807) is 12.4 Å². The minimum absolute atomic E-state index is 0.0566. The highest BCUT2D eigenvalue weighted by Crippen LogP contribution is 2.18. The van der Waals surface area contributed by atoms with Crippen molar-refractivity contribution in [1.82, 2.24) is 10.3 Å². The van der Waals surface area contributed by atoms with Gasteiger partial charge in [0, 0.05) is 12.4 Å². The molecule has 17 heavy (non-hydrogen) atoms. The van der Waals surface area contributed by atoms with Crippen LogP contribution in [0.1, 0.15) is 39.3 Å². The Bertz CT molecular complexity index is 370. The van der Waals surface area contributed by atoms with Gasteiger partial charge < -0.3 is 11.1 Å². The van der Waals surface area contributed by atoms with Crippen LogP contribution in [0.3, 0.4) is 0 Å². The number of aromatic nitrogens is 1. The van der Waals surface area contributed by atoms with Gasteiger partial charge in [-0.1, -0.05) is 20.8 Å². The molecule has 0 aliphatic carbocycles. The molecule has 0 saturated carbocycles. The Labute approximate surface area is 103 Å². The summed E-state index contributed by atoms with van der Waals surface area (Å²) in [5.74, 6) is -0.123. The number of nitrogens with zero attached hydrogens (tertiary/aromatic N) is 1. The Balaban J connectivity index is 2.64. The molecule has 1 aromatic heterocycles. The predicted molar refractivity (Wildman–Crippen MR) is 68.2 cm³/mol. The molecule has 2 atom stereocenters. The van der Waals surface area contributed by atoms with Crippen LogP contribution < -0.4 is 11.1 Å². The highest BCUT2D eigenvalue weighted by molar-refractivity contribution is 5.82. The van der Waals surface area contributed by atoms with E-state index in [1.165, 1.54) is 0 Å². The number of amides is 1. The van der Waals surface area contributed by atoms with Crippen LogP contribution in [0.4, 0.5) is 0 Å². The largest absolute Gasteiger partial charge is 0.348 e. The molecule has 0 spiro atoms. The lowest BCUT2D eigenvalue weighted by Gasteiger charge is -2.27. The summed E-state index contributed by atoms with van der Waals surface area (Å²) < 4.78 is 0. The Morgan fingerprint density at radius 3 is 2.35 bits per heavy atom. The lowest BCUT2D eigenvalue weighted by molar-refractivity contribution is -0.125. The van der Waals surface area contributed by atoms with Crippen LogP contribution >= 0.6 is 0 Å². The molecule has 0 radical (unpaired) electrons. The molecule has 4 nitrogen and oxygen atoms in total. The van der Waals surface area contributed by atoms with Crippen molar-refractivity contribution in [2.24, 2.45) is 11.1 Å². The first-order valence-electron chi connectivity index (χ1n) is 5.78. The van der Waals surface area contributed by atoms with E-state index in [0.717, 1.165) is 5.56 Å². The van der Waals surface area contributed by atoms with E-state index in [9.17, 15) is 4.79 Å². The van der Waals surface area contributed by atoms with Gasteiger partial charge in [0.1, 0.15) is 0 Å². The molecule has 0 fully saturated rings. The Hall–Kier alpha value is -1.42. The van der Waals surface area contributed by atoms with E-state index in [4.69, 9.17) is 5.73 Å². The summed E-state index contributed by atoms with van der Waals surface area (Å²) in [6, 6.07) is 3.20. The Morgan fingerprint density at radius 1 is 1.35 bits per heavy atom. The van der Waals surface area contributed by atoms with Crippen molar-refractivity contribution in [3.05, 3.63) is 30.1 Å². The molecular weight excluding hydrogens is 214 g/mol. The van der Waals surface area contributed by atoms with Gasteiger partial charge in [0.05, 0.1) is 12.1 Å². The standard InChI is InChI=1S/C13H21N3O/c1-9(10-5-7-15-8-6-10)16-12(17)11(14)13(2,3)4/h5-9,11H,14H2,1-4H3,(H,16,17). The molecule has 0 aliphatic rings. The number of pyridine rings is 1. The second-order valence-corrected chi connectivity index (χ2v) is 5.35. The monoisotopic (exact) mass is 235 g/mol. The van der Waals surface area contributed by atoms with Gasteiger partial charge >= 0.3 is 0 Å². The van der Waals surface area contributed by atoms with Gasteiger partial charge in [-0.3, -0.25) is 9.78 Å². The van der Waals surface area contributed by atoms with Gasteiger partial charge in [0.2, 0.25) is 5.91 Å². The van der Waals surface area contributed by atoms with E-state index >= 15 is 0 Å². The third-order valence-electron chi connectivity index (χ3n) is 2.78. The first kappa shape index (κ1) is 13.6. The number of carbonyl (C=O) groups is 1. The van der Waals surface area contributed by atoms with Crippen molar-refractivity contribution >= 4 is 5.91 Å². The summed E-state index contributed by atoms with van der Waals surface area (Å²) in [5, 5.41) is 2.91. The number of rotatable bonds is 3. The maximum Gasteiger partial charge on any atom is 0.237 e. The third-order valence-corrected chi connectivity index (χ3v) is 2.78. The van der Waals surface area contributed by atoms with E-state index < -0.39 is 6.04 Å². The molecule has 0 bridgehead atoms. The minimum Gasteiger partial charge on any atom is -0.348 e. The van der Waals surface area contributed by atoms with Crippen molar-refractivity contribution in [2.45, 2.75) is 39.8 Å². The maximum absolute atomic E-state index is 11.9. The molecule has 0 aromatic carbocycles. The lowest BCUT2D eigenvalue weighted by Crippen LogP contribution is -2.49. The van der Waals surface area contributed by atoms with Crippen LogP contribution in [0.15, 0.2) is 24.5 Å². The van der Waals surface area contributed by atoms with Crippen molar-refractivity contribution < 1.29 is 4.79 Å². The van der Waals surface area contributed by atoms with Gasteiger partial charge in [-0.2, -0.15) is 0 Å². The van der Waals surface area contributed by atoms with Crippen LogP contribution in [-0.2, 0) is 4.79 Å². The average Bonchev–Trinajstić information content (AvgIpc) is 2.27. The smallest absolute Gasteiger partial charge is 0.237 e. The zero-order valence-electron chi connectivity index (χ0n) is 10.9. The van der Waals surface area contributed by atoms with Crippen molar-refractivity contribution in [2.75, 3.05) is 0 Å². The summed E-state index contributed by atoms with van der Waals surface area (Å²) >= 11 is 0. The van der Waals surface area contributed by atoms with Crippen LogP contribution in [-0.4, -0.2) is 16.9 Å². The molecule has 0 saturated heterocycles. The summed E-state index contributed by atoms with van der Waals surface area (Å²) in [6.07, 6.45) is 3.42. The zero-order chi connectivity index (χ0) is 13.1. The van der Waals surface area contributed by atoms with Crippen LogP contribution in [0, 0.1) is 5.41 Å². The fourth-order valence-corrected chi connectivity index (χ4v) is 1.43. The first-order valence-corrected chi connectivity index (χ1v) is 5.78. The molecule has 1 rings (SSSR count). The summed E-state index contributed by atoms with van der Waals surface area (Å²) in [7, 11) is 0. The summed E-state index contributed by atoms with van der Waals surface area (Å²) in [5.41, 5.74) is 6.68. The van der Waals surface area contributed by atoms with Crippen LogP contribution in [0.2, 0.25) is 0 Å². The first-order chi connectivity index (χ1) is 7.82. The number of nitrogens with two attached hydrogens (primary N) is 1. The van der Waals surface area contributed by atoms with Crippen LogP contribution in [0.5, 0.6) is 0 Å². The Kier molecular flexibility index (Phi) is 4.23.